The average Bonchev–Trinajstić information content (AvgIpc) is 2.58. The third kappa shape index (κ3) is 3.78. The topological polar surface area (TPSA) is 40.5 Å². The lowest BCUT2D eigenvalue weighted by Crippen LogP contribution is -2.53. The summed E-state index contributed by atoms with van der Waals surface area (Å²) in [7, 11) is 1.33. The Balaban J connectivity index is 2.36. The van der Waals surface area contributed by atoms with E-state index in [1.54, 1.807) is 24.3 Å². The number of anilines is 1. The first-order valence-corrected chi connectivity index (χ1v) is 7.60. The molecule has 0 fully saturated rings. The minimum atomic E-state index is -5.96. The number of aryl methyl sites for hydroxylation is 1. The molecular weight excluding hydrogens is 376 g/mol. The third-order valence-corrected chi connectivity index (χ3v) is 4.10. The van der Waals surface area contributed by atoms with E-state index in [9.17, 15) is 36.2 Å². The van der Waals surface area contributed by atoms with Crippen molar-refractivity contribution >= 4 is 11.6 Å². The lowest BCUT2D eigenvalue weighted by molar-refractivity contribution is -0.376. The fourth-order valence-electron chi connectivity index (χ4n) is 2.42. The second-order valence-corrected chi connectivity index (χ2v) is 5.98. The molecule has 0 heterocycles. The van der Waals surface area contributed by atoms with Crippen molar-refractivity contribution in [1.29, 1.82) is 0 Å². The first-order valence-electron chi connectivity index (χ1n) is 7.60. The summed E-state index contributed by atoms with van der Waals surface area (Å²) < 4.78 is 77.4. The Hall–Kier alpha value is -2.55. The summed E-state index contributed by atoms with van der Waals surface area (Å²) in [6.45, 7) is 1.82. The Morgan fingerprint density at radius 1 is 0.852 bits per heavy atom. The standard InChI is InChI=1S/C18H15F6NO2/c1-11-3-5-12(6-4-11)15(26)25(2)14-9-7-13(8-10-14)16(27,17(19,20)21)18(22,23)24/h3-10,27H,1-2H3. The van der Waals surface area contributed by atoms with Gasteiger partial charge in [-0.3, -0.25) is 4.79 Å². The monoisotopic (exact) mass is 391 g/mol. The van der Waals surface area contributed by atoms with Gasteiger partial charge in [-0.2, -0.15) is 26.3 Å². The molecule has 0 bridgehead atoms. The lowest BCUT2D eigenvalue weighted by Gasteiger charge is -2.32. The van der Waals surface area contributed by atoms with Crippen LogP contribution in [-0.4, -0.2) is 30.4 Å². The number of rotatable bonds is 3. The molecule has 2 aromatic carbocycles. The van der Waals surface area contributed by atoms with E-state index in [0.717, 1.165) is 22.6 Å². The molecule has 2 rings (SSSR count). The van der Waals surface area contributed by atoms with Crippen LogP contribution in [0.5, 0.6) is 0 Å². The van der Waals surface area contributed by atoms with E-state index in [4.69, 9.17) is 0 Å². The van der Waals surface area contributed by atoms with Gasteiger partial charge in [-0.25, -0.2) is 0 Å². The molecule has 9 heteroatoms. The summed E-state index contributed by atoms with van der Waals surface area (Å²) >= 11 is 0. The van der Waals surface area contributed by atoms with Crippen LogP contribution >= 0.6 is 0 Å². The van der Waals surface area contributed by atoms with E-state index in [2.05, 4.69) is 0 Å². The van der Waals surface area contributed by atoms with Crippen molar-refractivity contribution in [3.8, 4) is 0 Å². The average molecular weight is 391 g/mol. The van der Waals surface area contributed by atoms with Crippen molar-refractivity contribution in [3.63, 3.8) is 0 Å². The number of amides is 1. The maximum atomic E-state index is 12.9. The molecule has 0 spiro atoms. The van der Waals surface area contributed by atoms with Gasteiger partial charge in [0.25, 0.3) is 11.5 Å². The molecular formula is C18H15F6NO2. The van der Waals surface area contributed by atoms with Gasteiger partial charge in [0.05, 0.1) is 0 Å². The van der Waals surface area contributed by atoms with Crippen molar-refractivity contribution in [3.05, 3.63) is 65.2 Å². The number of hydrogen-bond acceptors (Lipinski definition) is 2. The van der Waals surface area contributed by atoms with Crippen LogP contribution in [0.25, 0.3) is 0 Å². The van der Waals surface area contributed by atoms with E-state index in [1.165, 1.54) is 7.05 Å². The molecule has 0 aromatic heterocycles. The summed E-state index contributed by atoms with van der Waals surface area (Å²) in [6, 6.07) is 9.29. The Kier molecular flexibility index (Phi) is 5.29. The molecule has 0 unspecified atom stereocenters. The maximum Gasteiger partial charge on any atom is 0.430 e. The minimum absolute atomic E-state index is 0.0658. The molecule has 3 nitrogen and oxygen atoms in total. The van der Waals surface area contributed by atoms with Gasteiger partial charge in [0, 0.05) is 23.9 Å². The second kappa shape index (κ2) is 6.88. The summed E-state index contributed by atoms with van der Waals surface area (Å²) in [5.74, 6) is -0.496. The predicted octanol–water partition coefficient (Wildman–Crippen LogP) is 4.58. The Morgan fingerprint density at radius 2 is 1.30 bits per heavy atom. The summed E-state index contributed by atoms with van der Waals surface area (Å²) in [5, 5.41) is 9.37. The first kappa shape index (κ1) is 20.8. The summed E-state index contributed by atoms with van der Waals surface area (Å²) in [6.07, 6.45) is -11.9. The lowest BCUT2D eigenvalue weighted by atomic mass is 9.92. The van der Waals surface area contributed by atoms with Crippen molar-refractivity contribution in [2.24, 2.45) is 0 Å². The van der Waals surface area contributed by atoms with Gasteiger partial charge in [0.1, 0.15) is 0 Å². The number of aliphatic hydroxyl groups is 1. The molecule has 0 saturated carbocycles. The van der Waals surface area contributed by atoms with Crippen molar-refractivity contribution in [2.45, 2.75) is 24.9 Å². The zero-order valence-corrected chi connectivity index (χ0v) is 14.2. The van der Waals surface area contributed by atoms with Gasteiger partial charge in [-0.1, -0.05) is 29.8 Å². The molecule has 0 aliphatic carbocycles. The molecule has 0 atom stereocenters. The van der Waals surface area contributed by atoms with Gasteiger partial charge < -0.3 is 10.0 Å². The van der Waals surface area contributed by atoms with Crippen LogP contribution in [0.1, 0.15) is 21.5 Å². The van der Waals surface area contributed by atoms with E-state index in [1.807, 2.05) is 6.92 Å². The van der Waals surface area contributed by atoms with Gasteiger partial charge >= 0.3 is 12.4 Å². The van der Waals surface area contributed by atoms with E-state index < -0.39 is 29.4 Å². The zero-order valence-electron chi connectivity index (χ0n) is 14.2. The highest BCUT2D eigenvalue weighted by atomic mass is 19.4. The molecule has 1 amide bonds. The van der Waals surface area contributed by atoms with Crippen molar-refractivity contribution in [2.75, 3.05) is 11.9 Å². The fraction of sp³-hybridized carbons (Fsp3) is 0.278. The summed E-state index contributed by atoms with van der Waals surface area (Å²) in [5.41, 5.74) is -5.11. The summed E-state index contributed by atoms with van der Waals surface area (Å²) in [4.78, 5) is 13.5. The van der Waals surface area contributed by atoms with E-state index in [0.29, 0.717) is 17.7 Å². The van der Waals surface area contributed by atoms with Crippen LogP contribution < -0.4 is 4.90 Å². The Morgan fingerprint density at radius 3 is 1.70 bits per heavy atom. The number of benzene rings is 2. The van der Waals surface area contributed by atoms with Crippen LogP contribution in [0, 0.1) is 6.92 Å². The number of carbonyl (C=O) groups is 1. The highest BCUT2D eigenvalue weighted by molar-refractivity contribution is 6.05. The number of hydrogen-bond donors (Lipinski definition) is 1. The largest absolute Gasteiger partial charge is 0.430 e. The Bertz CT molecular complexity index is 796. The molecule has 27 heavy (non-hydrogen) atoms. The third-order valence-electron chi connectivity index (χ3n) is 4.10. The SMILES string of the molecule is Cc1ccc(C(=O)N(C)c2ccc(C(O)(C(F)(F)F)C(F)(F)F)cc2)cc1. The normalized spacial score (nSPS) is 12.8. The number of nitrogens with zero attached hydrogens (tertiary/aromatic N) is 1. The minimum Gasteiger partial charge on any atom is -0.369 e. The fourth-order valence-corrected chi connectivity index (χ4v) is 2.42. The number of carbonyl (C=O) groups excluding carboxylic acids is 1. The van der Waals surface area contributed by atoms with Gasteiger partial charge in [0.15, 0.2) is 0 Å². The predicted molar refractivity (Wildman–Crippen MR) is 86.4 cm³/mol. The Labute approximate surface area is 150 Å². The highest BCUT2D eigenvalue weighted by Gasteiger charge is 2.71. The van der Waals surface area contributed by atoms with Crippen LogP contribution in [0.3, 0.4) is 0 Å². The van der Waals surface area contributed by atoms with Crippen molar-refractivity contribution in [1.82, 2.24) is 0 Å². The van der Waals surface area contributed by atoms with Gasteiger partial charge in [-0.05, 0) is 31.2 Å². The van der Waals surface area contributed by atoms with Crippen LogP contribution in [0.15, 0.2) is 48.5 Å². The maximum absolute atomic E-state index is 12.9. The van der Waals surface area contributed by atoms with Crippen LogP contribution in [0.2, 0.25) is 0 Å². The highest BCUT2D eigenvalue weighted by Crippen LogP contribution is 2.50. The second-order valence-electron chi connectivity index (χ2n) is 5.98. The smallest absolute Gasteiger partial charge is 0.369 e. The quantitative estimate of drug-likeness (QED) is 0.778. The number of alkyl halides is 6. The molecule has 146 valence electrons. The molecule has 0 aliphatic heterocycles. The molecule has 2 aromatic rings. The van der Waals surface area contributed by atoms with Crippen LogP contribution in [0.4, 0.5) is 32.0 Å². The number of halogens is 6. The molecule has 1 N–H and O–H groups in total. The molecule has 0 saturated heterocycles. The molecule has 0 radical (unpaired) electrons. The van der Waals surface area contributed by atoms with Gasteiger partial charge in [0.2, 0.25) is 0 Å². The van der Waals surface area contributed by atoms with E-state index in [-0.39, 0.29) is 5.69 Å². The van der Waals surface area contributed by atoms with Crippen molar-refractivity contribution < 1.29 is 36.2 Å². The van der Waals surface area contributed by atoms with Gasteiger partial charge in [-0.15, -0.1) is 0 Å². The molecule has 0 aliphatic rings. The zero-order chi connectivity index (χ0) is 20.6. The first-order chi connectivity index (χ1) is 12.3. The van der Waals surface area contributed by atoms with E-state index >= 15 is 0 Å². The van der Waals surface area contributed by atoms with Crippen LogP contribution in [-0.2, 0) is 5.60 Å².